The molecule has 1 rings (SSSR count). The molecule has 1 unspecified atom stereocenters. The Balaban J connectivity index is 2.03. The Hall–Kier alpha value is -1.06. The highest BCUT2D eigenvalue weighted by atomic mass is 16.5. The minimum absolute atomic E-state index is 0.108. The van der Waals surface area contributed by atoms with E-state index in [1.807, 2.05) is 18.7 Å². The highest BCUT2D eigenvalue weighted by molar-refractivity contribution is 5.86. The molecule has 1 atom stereocenters. The Labute approximate surface area is 148 Å². The zero-order chi connectivity index (χ0) is 17.8. The van der Waals surface area contributed by atoms with Gasteiger partial charge in [-0.2, -0.15) is 0 Å². The maximum atomic E-state index is 12.0. The summed E-state index contributed by atoms with van der Waals surface area (Å²) in [6.45, 7) is 7.27. The van der Waals surface area contributed by atoms with Crippen molar-refractivity contribution in [1.29, 1.82) is 0 Å². The largest absolute Gasteiger partial charge is 0.463 e. The SMILES string of the molecule is CCCCCCCCCCCCN1CC(C(=O)OC(C)C)CC1=O. The maximum Gasteiger partial charge on any atom is 0.311 e. The molecule has 0 saturated carbocycles. The molecule has 0 aromatic heterocycles. The van der Waals surface area contributed by atoms with E-state index in [2.05, 4.69) is 6.92 Å². The molecule has 24 heavy (non-hydrogen) atoms. The van der Waals surface area contributed by atoms with Crippen molar-refractivity contribution in [2.75, 3.05) is 13.1 Å². The molecule has 0 aliphatic carbocycles. The molecule has 1 saturated heterocycles. The summed E-state index contributed by atoms with van der Waals surface area (Å²) in [5, 5.41) is 0. The molecule has 1 heterocycles. The van der Waals surface area contributed by atoms with Crippen LogP contribution in [0.3, 0.4) is 0 Å². The van der Waals surface area contributed by atoms with Crippen molar-refractivity contribution in [3.8, 4) is 0 Å². The standard InChI is InChI=1S/C20H37NO3/c1-4-5-6-7-8-9-10-11-12-13-14-21-16-18(15-19(21)22)20(23)24-17(2)3/h17-18H,4-16H2,1-3H3. The highest BCUT2D eigenvalue weighted by Crippen LogP contribution is 2.20. The number of hydrogen-bond acceptors (Lipinski definition) is 3. The van der Waals surface area contributed by atoms with Gasteiger partial charge in [0.2, 0.25) is 5.91 Å². The lowest BCUT2D eigenvalue weighted by Crippen LogP contribution is -2.28. The number of rotatable bonds is 13. The summed E-state index contributed by atoms with van der Waals surface area (Å²) in [5.41, 5.74) is 0. The van der Waals surface area contributed by atoms with Crippen LogP contribution >= 0.6 is 0 Å². The van der Waals surface area contributed by atoms with Crippen LogP contribution in [0.25, 0.3) is 0 Å². The van der Waals surface area contributed by atoms with Crippen molar-refractivity contribution < 1.29 is 14.3 Å². The van der Waals surface area contributed by atoms with E-state index in [9.17, 15) is 9.59 Å². The Morgan fingerprint density at radius 3 is 2.12 bits per heavy atom. The van der Waals surface area contributed by atoms with Crippen molar-refractivity contribution in [3.63, 3.8) is 0 Å². The Kier molecular flexibility index (Phi) is 10.8. The van der Waals surface area contributed by atoms with Crippen molar-refractivity contribution in [1.82, 2.24) is 4.90 Å². The molecule has 0 radical (unpaired) electrons. The van der Waals surface area contributed by atoms with Crippen molar-refractivity contribution in [2.45, 2.75) is 97.5 Å². The van der Waals surface area contributed by atoms with Crippen LogP contribution in [0.4, 0.5) is 0 Å². The molecule has 4 nitrogen and oxygen atoms in total. The summed E-state index contributed by atoms with van der Waals surface area (Å²) in [6.07, 6.45) is 13.2. The topological polar surface area (TPSA) is 46.6 Å². The van der Waals surface area contributed by atoms with Gasteiger partial charge >= 0.3 is 5.97 Å². The summed E-state index contributed by atoms with van der Waals surface area (Å²) < 4.78 is 5.22. The second-order valence-electron chi connectivity index (χ2n) is 7.41. The van der Waals surface area contributed by atoms with Crippen molar-refractivity contribution >= 4 is 11.9 Å². The second kappa shape index (κ2) is 12.3. The quantitative estimate of drug-likeness (QED) is 0.361. The summed E-state index contributed by atoms with van der Waals surface area (Å²) in [5.74, 6) is -0.372. The van der Waals surface area contributed by atoms with Gasteiger partial charge in [0.05, 0.1) is 12.0 Å². The monoisotopic (exact) mass is 339 g/mol. The summed E-state index contributed by atoms with van der Waals surface area (Å²) >= 11 is 0. The van der Waals surface area contributed by atoms with Crippen LogP contribution in [0.1, 0.15) is 91.4 Å². The molecule has 0 N–H and O–H groups in total. The number of likely N-dealkylation sites (tertiary alicyclic amines) is 1. The molecule has 0 spiro atoms. The first-order valence-corrected chi connectivity index (χ1v) is 10.0. The zero-order valence-electron chi connectivity index (χ0n) is 16.0. The van der Waals surface area contributed by atoms with Gasteiger partial charge in [-0.05, 0) is 20.3 Å². The molecule has 1 amide bonds. The predicted molar refractivity (Wildman–Crippen MR) is 97.8 cm³/mol. The fraction of sp³-hybridized carbons (Fsp3) is 0.900. The molecule has 1 aliphatic heterocycles. The highest BCUT2D eigenvalue weighted by Gasteiger charge is 2.35. The fourth-order valence-corrected chi connectivity index (χ4v) is 3.26. The number of esters is 1. The number of ether oxygens (including phenoxy) is 1. The van der Waals surface area contributed by atoms with E-state index in [4.69, 9.17) is 4.74 Å². The van der Waals surface area contributed by atoms with Gasteiger partial charge in [-0.1, -0.05) is 64.7 Å². The molecule has 1 fully saturated rings. The van der Waals surface area contributed by atoms with E-state index in [-0.39, 0.29) is 23.9 Å². The second-order valence-corrected chi connectivity index (χ2v) is 7.41. The third kappa shape index (κ3) is 8.70. The zero-order valence-corrected chi connectivity index (χ0v) is 16.0. The first-order valence-electron chi connectivity index (χ1n) is 10.0. The normalized spacial score (nSPS) is 17.8. The van der Waals surface area contributed by atoms with Crippen LogP contribution in [0, 0.1) is 5.92 Å². The molecule has 0 bridgehead atoms. The number of hydrogen-bond donors (Lipinski definition) is 0. The van der Waals surface area contributed by atoms with Gasteiger partial charge in [0.15, 0.2) is 0 Å². The lowest BCUT2D eigenvalue weighted by atomic mass is 10.1. The summed E-state index contributed by atoms with van der Waals surface area (Å²) in [4.78, 5) is 25.7. The molecule has 0 aromatic carbocycles. The average Bonchev–Trinajstić information content (AvgIpc) is 2.90. The van der Waals surface area contributed by atoms with Crippen molar-refractivity contribution in [2.24, 2.45) is 5.92 Å². The molecule has 1 aliphatic rings. The maximum absolute atomic E-state index is 12.0. The van der Waals surface area contributed by atoms with Gasteiger partial charge in [0.25, 0.3) is 0 Å². The van der Waals surface area contributed by atoms with Crippen LogP contribution < -0.4 is 0 Å². The third-order valence-corrected chi connectivity index (χ3v) is 4.68. The van der Waals surface area contributed by atoms with Crippen LogP contribution in [0.5, 0.6) is 0 Å². The lowest BCUT2D eigenvalue weighted by Gasteiger charge is -2.16. The fourth-order valence-electron chi connectivity index (χ4n) is 3.26. The van der Waals surface area contributed by atoms with Crippen LogP contribution in [0.2, 0.25) is 0 Å². The van der Waals surface area contributed by atoms with Crippen LogP contribution in [-0.4, -0.2) is 36.0 Å². The number of carbonyl (C=O) groups is 2. The van der Waals surface area contributed by atoms with E-state index in [0.29, 0.717) is 13.0 Å². The van der Waals surface area contributed by atoms with Gasteiger partial charge in [-0.15, -0.1) is 0 Å². The first kappa shape index (κ1) is 21.0. The van der Waals surface area contributed by atoms with Crippen molar-refractivity contribution in [3.05, 3.63) is 0 Å². The van der Waals surface area contributed by atoms with Crippen LogP contribution in [0.15, 0.2) is 0 Å². The van der Waals surface area contributed by atoms with E-state index in [1.54, 1.807) is 0 Å². The number of amides is 1. The predicted octanol–water partition coefficient (Wildman–Crippen LogP) is 4.71. The smallest absolute Gasteiger partial charge is 0.311 e. The van der Waals surface area contributed by atoms with E-state index in [0.717, 1.165) is 13.0 Å². The van der Waals surface area contributed by atoms with Gasteiger partial charge in [-0.3, -0.25) is 9.59 Å². The minimum atomic E-state index is -0.261. The molecular weight excluding hydrogens is 302 g/mol. The van der Waals surface area contributed by atoms with E-state index < -0.39 is 0 Å². The molecule has 0 aromatic rings. The summed E-state index contributed by atoms with van der Waals surface area (Å²) in [6, 6.07) is 0. The Morgan fingerprint density at radius 1 is 1.04 bits per heavy atom. The lowest BCUT2D eigenvalue weighted by molar-refractivity contribution is -0.152. The van der Waals surface area contributed by atoms with Gasteiger partial charge < -0.3 is 9.64 Å². The van der Waals surface area contributed by atoms with Crippen LogP contribution in [-0.2, 0) is 14.3 Å². The third-order valence-electron chi connectivity index (χ3n) is 4.68. The number of nitrogens with zero attached hydrogens (tertiary/aromatic N) is 1. The first-order chi connectivity index (χ1) is 11.5. The Bertz CT molecular complexity index is 368. The average molecular weight is 340 g/mol. The molecule has 140 valence electrons. The van der Waals surface area contributed by atoms with E-state index >= 15 is 0 Å². The van der Waals surface area contributed by atoms with Gasteiger partial charge in [0, 0.05) is 19.5 Å². The minimum Gasteiger partial charge on any atom is -0.463 e. The Morgan fingerprint density at radius 2 is 1.58 bits per heavy atom. The number of carbonyl (C=O) groups excluding carboxylic acids is 2. The summed E-state index contributed by atoms with van der Waals surface area (Å²) in [7, 11) is 0. The number of unbranched alkanes of at least 4 members (excludes halogenated alkanes) is 9. The molecular formula is C20H37NO3. The van der Waals surface area contributed by atoms with Gasteiger partial charge in [0.1, 0.15) is 0 Å². The van der Waals surface area contributed by atoms with Gasteiger partial charge in [-0.25, -0.2) is 0 Å². The molecule has 4 heteroatoms. The van der Waals surface area contributed by atoms with E-state index in [1.165, 1.54) is 57.8 Å².